The van der Waals surface area contributed by atoms with Crippen LogP contribution >= 0.6 is 23.8 Å². The van der Waals surface area contributed by atoms with Gasteiger partial charge in [-0.1, -0.05) is 48.0 Å². The summed E-state index contributed by atoms with van der Waals surface area (Å²) in [6.45, 7) is 4.86. The number of nitrogens with zero attached hydrogens (tertiary/aromatic N) is 4. The highest BCUT2D eigenvalue weighted by Crippen LogP contribution is 2.20. The van der Waals surface area contributed by atoms with Crippen molar-refractivity contribution in [1.82, 2.24) is 19.6 Å². The molecule has 8 heteroatoms. The summed E-state index contributed by atoms with van der Waals surface area (Å²) in [5.74, 6) is 0.301. The van der Waals surface area contributed by atoms with Crippen LogP contribution in [0, 0.1) is 5.82 Å². The van der Waals surface area contributed by atoms with Crippen molar-refractivity contribution in [1.29, 1.82) is 0 Å². The topological polar surface area (TPSA) is 36.3 Å². The molecular formula is C22H23ClFN5S. The quantitative estimate of drug-likeness (QED) is 0.597. The van der Waals surface area contributed by atoms with Crippen molar-refractivity contribution in [2.24, 2.45) is 0 Å². The Balaban J connectivity index is 1.29. The van der Waals surface area contributed by atoms with Crippen molar-refractivity contribution in [3.8, 4) is 0 Å². The predicted molar refractivity (Wildman–Crippen MR) is 122 cm³/mol. The fourth-order valence-corrected chi connectivity index (χ4v) is 4.01. The molecule has 4 rings (SSSR count). The lowest BCUT2D eigenvalue weighted by molar-refractivity contribution is 0.177. The maximum absolute atomic E-state index is 14.0. The van der Waals surface area contributed by atoms with Crippen LogP contribution in [-0.4, -0.2) is 50.9 Å². The molecule has 0 amide bonds. The van der Waals surface area contributed by atoms with E-state index < -0.39 is 0 Å². The number of anilines is 1. The van der Waals surface area contributed by atoms with Gasteiger partial charge in [0.1, 0.15) is 5.82 Å². The molecule has 2 aromatic carbocycles. The van der Waals surface area contributed by atoms with E-state index in [2.05, 4.69) is 44.5 Å². The second kappa shape index (κ2) is 9.55. The van der Waals surface area contributed by atoms with Gasteiger partial charge < -0.3 is 10.2 Å². The fourth-order valence-electron chi connectivity index (χ4n) is 3.50. The minimum absolute atomic E-state index is 0.262. The zero-order chi connectivity index (χ0) is 20.9. The summed E-state index contributed by atoms with van der Waals surface area (Å²) < 4.78 is 15.6. The first-order valence-corrected chi connectivity index (χ1v) is 10.7. The van der Waals surface area contributed by atoms with E-state index in [1.165, 1.54) is 11.6 Å². The Labute approximate surface area is 186 Å². The van der Waals surface area contributed by atoms with E-state index in [0.717, 1.165) is 32.7 Å². The van der Waals surface area contributed by atoms with Crippen LogP contribution in [0.5, 0.6) is 0 Å². The van der Waals surface area contributed by atoms with Crippen LogP contribution in [0.15, 0.2) is 60.8 Å². The van der Waals surface area contributed by atoms with Gasteiger partial charge in [0.05, 0.1) is 6.54 Å². The van der Waals surface area contributed by atoms with Gasteiger partial charge in [0.15, 0.2) is 10.9 Å². The van der Waals surface area contributed by atoms with Crippen LogP contribution in [0.3, 0.4) is 0 Å². The molecule has 0 bridgehead atoms. The second-order valence-electron chi connectivity index (χ2n) is 7.28. The summed E-state index contributed by atoms with van der Waals surface area (Å²) in [4.78, 5) is 4.59. The average Bonchev–Trinajstić information content (AvgIpc) is 3.19. The van der Waals surface area contributed by atoms with Gasteiger partial charge in [-0.05, 0) is 29.9 Å². The number of rotatable bonds is 5. The minimum Gasteiger partial charge on any atom is -0.346 e. The first kappa shape index (κ1) is 20.8. The SMILES string of the molecule is Fc1cccc(Cl)c1Cn1ccc(NC(=S)N2CCN(Cc3ccccc3)CC2)n1. The van der Waals surface area contributed by atoms with Crippen LogP contribution in [0.25, 0.3) is 0 Å². The minimum atomic E-state index is -0.337. The molecule has 1 aromatic heterocycles. The van der Waals surface area contributed by atoms with E-state index in [0.29, 0.717) is 21.5 Å². The summed E-state index contributed by atoms with van der Waals surface area (Å²) in [7, 11) is 0. The number of piperazine rings is 1. The van der Waals surface area contributed by atoms with Crippen LogP contribution in [0.1, 0.15) is 11.1 Å². The number of nitrogens with one attached hydrogen (secondary N) is 1. The van der Waals surface area contributed by atoms with Gasteiger partial charge >= 0.3 is 0 Å². The molecule has 1 aliphatic heterocycles. The zero-order valence-corrected chi connectivity index (χ0v) is 18.0. The van der Waals surface area contributed by atoms with Crippen LogP contribution in [-0.2, 0) is 13.1 Å². The van der Waals surface area contributed by atoms with Gasteiger partial charge in [0.2, 0.25) is 0 Å². The first-order chi connectivity index (χ1) is 14.6. The predicted octanol–water partition coefficient (Wildman–Crippen LogP) is 4.24. The summed E-state index contributed by atoms with van der Waals surface area (Å²) >= 11 is 11.7. The lowest BCUT2D eigenvalue weighted by Gasteiger charge is -2.36. The Kier molecular flexibility index (Phi) is 6.62. The number of halogens is 2. The lowest BCUT2D eigenvalue weighted by Crippen LogP contribution is -2.49. The molecule has 0 atom stereocenters. The molecule has 0 saturated carbocycles. The zero-order valence-electron chi connectivity index (χ0n) is 16.5. The molecule has 156 valence electrons. The highest BCUT2D eigenvalue weighted by atomic mass is 35.5. The van der Waals surface area contributed by atoms with E-state index >= 15 is 0 Å². The normalized spacial score (nSPS) is 14.7. The molecular weight excluding hydrogens is 421 g/mol. The Morgan fingerprint density at radius 2 is 1.77 bits per heavy atom. The molecule has 0 radical (unpaired) electrons. The maximum Gasteiger partial charge on any atom is 0.174 e. The fraction of sp³-hybridized carbons (Fsp3) is 0.273. The number of thiocarbonyl (C=S) groups is 1. The summed E-state index contributed by atoms with van der Waals surface area (Å²) in [5, 5.41) is 8.69. The Bertz CT molecular complexity index is 982. The largest absolute Gasteiger partial charge is 0.346 e. The third kappa shape index (κ3) is 5.16. The average molecular weight is 444 g/mol. The van der Waals surface area contributed by atoms with E-state index in [-0.39, 0.29) is 12.4 Å². The number of hydrogen-bond acceptors (Lipinski definition) is 3. The van der Waals surface area contributed by atoms with E-state index in [4.69, 9.17) is 23.8 Å². The molecule has 1 saturated heterocycles. The van der Waals surface area contributed by atoms with Crippen molar-refractivity contribution in [3.63, 3.8) is 0 Å². The molecule has 0 spiro atoms. The van der Waals surface area contributed by atoms with E-state index in [9.17, 15) is 4.39 Å². The Morgan fingerprint density at radius 3 is 2.50 bits per heavy atom. The molecule has 2 heterocycles. The molecule has 0 unspecified atom stereocenters. The van der Waals surface area contributed by atoms with Crippen molar-refractivity contribution >= 4 is 34.7 Å². The van der Waals surface area contributed by atoms with Crippen molar-refractivity contribution in [2.45, 2.75) is 13.1 Å². The third-order valence-corrected chi connectivity index (χ3v) is 5.88. The standard InChI is InChI=1S/C22H23ClFN5S/c23-19-7-4-8-20(24)18(19)16-29-10-9-21(26-29)25-22(30)28-13-11-27(12-14-28)15-17-5-2-1-3-6-17/h1-10H,11-16H2,(H,25,26,30). The van der Waals surface area contributed by atoms with Gasteiger partial charge in [-0.15, -0.1) is 0 Å². The molecule has 30 heavy (non-hydrogen) atoms. The van der Waals surface area contributed by atoms with Crippen LogP contribution in [0.2, 0.25) is 5.02 Å². The monoisotopic (exact) mass is 443 g/mol. The number of aromatic nitrogens is 2. The summed E-state index contributed by atoms with van der Waals surface area (Å²) in [6, 6.07) is 17.0. The van der Waals surface area contributed by atoms with Gasteiger partial charge in [-0.25, -0.2) is 4.39 Å². The van der Waals surface area contributed by atoms with Crippen LogP contribution in [0.4, 0.5) is 10.2 Å². The maximum atomic E-state index is 14.0. The highest BCUT2D eigenvalue weighted by molar-refractivity contribution is 7.80. The molecule has 1 N–H and O–H groups in total. The van der Waals surface area contributed by atoms with Gasteiger partial charge in [-0.3, -0.25) is 9.58 Å². The summed E-state index contributed by atoms with van der Waals surface area (Å²) in [6.07, 6.45) is 1.78. The summed E-state index contributed by atoms with van der Waals surface area (Å²) in [5.41, 5.74) is 1.75. The molecule has 0 aliphatic carbocycles. The van der Waals surface area contributed by atoms with E-state index in [1.807, 2.05) is 12.1 Å². The van der Waals surface area contributed by atoms with E-state index in [1.54, 1.807) is 23.0 Å². The van der Waals surface area contributed by atoms with Crippen LogP contribution < -0.4 is 5.32 Å². The first-order valence-electron chi connectivity index (χ1n) is 9.87. The van der Waals surface area contributed by atoms with Gasteiger partial charge in [0.25, 0.3) is 0 Å². The molecule has 5 nitrogen and oxygen atoms in total. The second-order valence-corrected chi connectivity index (χ2v) is 8.07. The molecule has 3 aromatic rings. The van der Waals surface area contributed by atoms with Crippen molar-refractivity contribution in [3.05, 3.63) is 82.8 Å². The van der Waals surface area contributed by atoms with Gasteiger partial charge in [0, 0.05) is 55.6 Å². The smallest absolute Gasteiger partial charge is 0.174 e. The van der Waals surface area contributed by atoms with Crippen molar-refractivity contribution in [2.75, 3.05) is 31.5 Å². The lowest BCUT2D eigenvalue weighted by atomic mass is 10.2. The number of benzene rings is 2. The highest BCUT2D eigenvalue weighted by Gasteiger charge is 2.19. The molecule has 1 fully saturated rings. The van der Waals surface area contributed by atoms with Gasteiger partial charge in [-0.2, -0.15) is 5.10 Å². The third-order valence-electron chi connectivity index (χ3n) is 5.17. The Morgan fingerprint density at radius 1 is 1.00 bits per heavy atom. The van der Waals surface area contributed by atoms with Crippen molar-refractivity contribution < 1.29 is 4.39 Å². The molecule has 1 aliphatic rings. The number of hydrogen-bond donors (Lipinski definition) is 1. The Hall–Kier alpha value is -2.48.